The zero-order chi connectivity index (χ0) is 17.6. The van der Waals surface area contributed by atoms with Crippen molar-refractivity contribution in [3.8, 4) is 0 Å². The molecule has 130 valence electrons. The highest BCUT2D eigenvalue weighted by molar-refractivity contribution is 9.09. The number of hydrogen-bond donors (Lipinski definition) is 1. The Morgan fingerprint density at radius 3 is 1.75 bits per heavy atom. The van der Waals surface area contributed by atoms with E-state index in [9.17, 15) is 4.80 Å². The van der Waals surface area contributed by atoms with Crippen LogP contribution >= 0.6 is 31.9 Å². The van der Waals surface area contributed by atoms with Gasteiger partial charge in [0.05, 0.1) is 0 Å². The van der Waals surface area contributed by atoms with Gasteiger partial charge in [-0.15, -0.1) is 0 Å². The number of halogens is 2. The first kappa shape index (κ1) is 19.9. The Labute approximate surface area is 163 Å². The molecule has 0 bridgehead atoms. The van der Waals surface area contributed by atoms with Crippen LogP contribution in [0.3, 0.4) is 0 Å². The van der Waals surface area contributed by atoms with Crippen molar-refractivity contribution in [1.29, 1.82) is 0 Å². The summed E-state index contributed by atoms with van der Waals surface area (Å²) in [5.41, 5.74) is 0. The van der Waals surface area contributed by atoms with Crippen LogP contribution in [0.4, 0.5) is 0 Å². The Morgan fingerprint density at radius 1 is 0.917 bits per heavy atom. The van der Waals surface area contributed by atoms with Crippen LogP contribution in [-0.2, 0) is 0 Å². The minimum Gasteiger partial charge on any atom is -0.424 e. The van der Waals surface area contributed by atoms with Crippen LogP contribution in [0.25, 0.3) is 0 Å². The molecule has 1 nitrogen and oxygen atoms in total. The molecule has 1 N–H and O–H groups in total. The molecule has 2 aromatic rings. The van der Waals surface area contributed by atoms with E-state index in [1.165, 1.54) is 0 Å². The second kappa shape index (κ2) is 8.79. The van der Waals surface area contributed by atoms with Gasteiger partial charge in [-0.3, -0.25) is 0 Å². The van der Waals surface area contributed by atoms with Gasteiger partial charge in [-0.1, -0.05) is 106 Å². The fourth-order valence-electron chi connectivity index (χ4n) is 3.56. The van der Waals surface area contributed by atoms with E-state index in [1.807, 2.05) is 36.4 Å². The highest BCUT2D eigenvalue weighted by Crippen LogP contribution is 2.42. The lowest BCUT2D eigenvalue weighted by Crippen LogP contribution is -2.65. The van der Waals surface area contributed by atoms with E-state index in [1.54, 1.807) is 0 Å². The molecule has 0 radical (unpaired) electrons. The number of rotatable bonds is 8. The van der Waals surface area contributed by atoms with Gasteiger partial charge in [-0.25, -0.2) is 0 Å². The molecule has 24 heavy (non-hydrogen) atoms. The van der Waals surface area contributed by atoms with Gasteiger partial charge >= 0.3 is 0 Å². The fourth-order valence-corrected chi connectivity index (χ4v) is 8.59. The molecule has 2 aromatic carbocycles. The van der Waals surface area contributed by atoms with Crippen molar-refractivity contribution in [1.82, 2.24) is 0 Å². The van der Waals surface area contributed by atoms with E-state index in [0.29, 0.717) is 5.92 Å². The third-order valence-electron chi connectivity index (χ3n) is 4.90. The van der Waals surface area contributed by atoms with Gasteiger partial charge in [-0.05, 0) is 34.2 Å². The van der Waals surface area contributed by atoms with E-state index in [-0.39, 0.29) is 5.04 Å². The Bertz CT molecular complexity index is 577. The van der Waals surface area contributed by atoms with Gasteiger partial charge < -0.3 is 4.80 Å². The summed E-state index contributed by atoms with van der Waals surface area (Å²) in [6.07, 6.45) is 2.11. The molecule has 2 rings (SSSR count). The van der Waals surface area contributed by atoms with Gasteiger partial charge in [0.15, 0.2) is 0 Å². The van der Waals surface area contributed by atoms with Crippen LogP contribution in [-0.4, -0.2) is 23.8 Å². The van der Waals surface area contributed by atoms with Crippen molar-refractivity contribution in [2.45, 2.75) is 31.7 Å². The fraction of sp³-hybridized carbons (Fsp3) is 0.400. The second-order valence-electron chi connectivity index (χ2n) is 7.03. The molecule has 1 atom stereocenters. The average molecular weight is 470 g/mol. The van der Waals surface area contributed by atoms with Crippen LogP contribution < -0.4 is 10.4 Å². The van der Waals surface area contributed by atoms with Crippen molar-refractivity contribution in [2.24, 2.45) is 5.92 Å². The van der Waals surface area contributed by atoms with Gasteiger partial charge in [0.1, 0.15) is 0 Å². The molecular weight excluding hydrogens is 444 g/mol. The topological polar surface area (TPSA) is 20.2 Å². The van der Waals surface area contributed by atoms with Crippen molar-refractivity contribution in [3.05, 3.63) is 60.7 Å². The van der Waals surface area contributed by atoms with Crippen LogP contribution in [0.15, 0.2) is 60.7 Å². The highest BCUT2D eigenvalue weighted by Gasteiger charge is 2.50. The molecule has 0 heterocycles. The summed E-state index contributed by atoms with van der Waals surface area (Å²) in [5.74, 6) is 0.547. The van der Waals surface area contributed by atoms with E-state index < -0.39 is 8.32 Å². The molecule has 0 amide bonds. The van der Waals surface area contributed by atoms with Gasteiger partial charge in [0.2, 0.25) is 0 Å². The molecule has 0 aliphatic rings. The number of hydrogen-bond acceptors (Lipinski definition) is 1. The first-order valence-corrected chi connectivity index (χ1v) is 12.6. The lowest BCUT2D eigenvalue weighted by atomic mass is 9.96. The van der Waals surface area contributed by atoms with Gasteiger partial charge in [0.25, 0.3) is 8.32 Å². The zero-order valence-electron chi connectivity index (χ0n) is 14.4. The maximum atomic E-state index is 12.1. The van der Waals surface area contributed by atoms with Crippen molar-refractivity contribution < 1.29 is 4.80 Å². The molecule has 0 fully saturated rings. The second-order valence-corrected chi connectivity index (χ2v) is 12.4. The van der Waals surface area contributed by atoms with Crippen LogP contribution in [0.2, 0.25) is 5.04 Å². The Hall–Kier alpha value is -0.423. The summed E-state index contributed by atoms with van der Waals surface area (Å²) >= 11 is 7.23. The number of alkyl halides is 2. The van der Waals surface area contributed by atoms with Crippen LogP contribution in [0.1, 0.15) is 26.7 Å². The predicted molar refractivity (Wildman–Crippen MR) is 114 cm³/mol. The minimum atomic E-state index is -2.87. The maximum Gasteiger partial charge on any atom is 0.258 e. The molecular formula is C20H26Br2OSi. The first-order valence-electron chi connectivity index (χ1n) is 8.41. The average Bonchev–Trinajstić information content (AvgIpc) is 2.61. The first-order chi connectivity index (χ1) is 11.5. The molecule has 0 unspecified atom stereocenters. The Morgan fingerprint density at radius 2 is 1.38 bits per heavy atom. The van der Waals surface area contributed by atoms with Gasteiger partial charge in [-0.2, -0.15) is 0 Å². The minimum absolute atomic E-state index is 0.170. The van der Waals surface area contributed by atoms with E-state index in [4.69, 9.17) is 0 Å². The lowest BCUT2D eigenvalue weighted by Gasteiger charge is -2.43. The van der Waals surface area contributed by atoms with Crippen LogP contribution in [0, 0.1) is 5.92 Å². The summed E-state index contributed by atoms with van der Waals surface area (Å²) in [6, 6.07) is 20.5. The molecule has 0 aliphatic heterocycles. The van der Waals surface area contributed by atoms with Crippen molar-refractivity contribution >= 4 is 50.6 Å². The monoisotopic (exact) mass is 468 g/mol. The summed E-state index contributed by atoms with van der Waals surface area (Å²) in [6.45, 7) is 4.48. The summed E-state index contributed by atoms with van der Waals surface area (Å²) in [5, 5.41) is 3.98. The molecule has 0 spiro atoms. The van der Waals surface area contributed by atoms with Crippen molar-refractivity contribution in [3.63, 3.8) is 0 Å². The van der Waals surface area contributed by atoms with Crippen molar-refractivity contribution in [2.75, 3.05) is 10.7 Å². The molecule has 0 aliphatic carbocycles. The standard InChI is InChI=1S/C20H26Br2OSi/c1-20(2,15-17(16-22)13-14-21)24(23,18-9-5-3-6-10-18)19-11-7-4-8-12-19/h3-12,17,23H,13-16H2,1-2H3/t17-/m1/s1. The Kier molecular flexibility index (Phi) is 7.29. The SMILES string of the molecule is CC(C)(C[C@H](CBr)CCBr)[Si](O)(c1ccccc1)c1ccccc1. The summed E-state index contributed by atoms with van der Waals surface area (Å²) in [4.78, 5) is 12.1. The van der Waals surface area contributed by atoms with E-state index >= 15 is 0 Å². The van der Waals surface area contributed by atoms with Crippen LogP contribution in [0.5, 0.6) is 0 Å². The number of benzene rings is 2. The smallest absolute Gasteiger partial charge is 0.258 e. The third kappa shape index (κ3) is 4.21. The largest absolute Gasteiger partial charge is 0.424 e. The Balaban J connectivity index is 2.50. The molecule has 0 saturated carbocycles. The summed E-state index contributed by atoms with van der Waals surface area (Å²) in [7, 11) is -2.87. The summed E-state index contributed by atoms with van der Waals surface area (Å²) < 4.78 is 0. The lowest BCUT2D eigenvalue weighted by molar-refractivity contribution is 0.400. The zero-order valence-corrected chi connectivity index (χ0v) is 18.6. The third-order valence-corrected chi connectivity index (χ3v) is 10.8. The maximum absolute atomic E-state index is 12.1. The quantitative estimate of drug-likeness (QED) is 0.438. The van der Waals surface area contributed by atoms with Gasteiger partial charge in [0, 0.05) is 10.7 Å². The molecule has 0 saturated heterocycles. The normalized spacial score (nSPS) is 13.7. The van der Waals surface area contributed by atoms with E-state index in [2.05, 4.69) is 70.0 Å². The molecule has 0 aromatic heterocycles. The highest BCUT2D eigenvalue weighted by atomic mass is 79.9. The predicted octanol–water partition coefficient (Wildman–Crippen LogP) is 4.71. The molecule has 4 heteroatoms. The van der Waals surface area contributed by atoms with E-state index in [0.717, 1.165) is 33.9 Å².